The van der Waals surface area contributed by atoms with Gasteiger partial charge in [-0.15, -0.1) is 0 Å². The predicted molar refractivity (Wildman–Crippen MR) is 179 cm³/mol. The van der Waals surface area contributed by atoms with E-state index in [1.807, 2.05) is 6.07 Å². The van der Waals surface area contributed by atoms with E-state index in [1.165, 1.54) is 54.6 Å². The Labute approximate surface area is 247 Å². The molecular weight excluding hydrogens is 522 g/mol. The summed E-state index contributed by atoms with van der Waals surface area (Å²) in [6, 6.07) is 49.9. The van der Waals surface area contributed by atoms with Crippen LogP contribution in [0.25, 0.3) is 93.7 Å². The second-order valence-electron chi connectivity index (χ2n) is 11.4. The van der Waals surface area contributed by atoms with Crippen molar-refractivity contribution in [2.24, 2.45) is 0 Å². The summed E-state index contributed by atoms with van der Waals surface area (Å²) in [5, 5.41) is 8.60. The first kappa shape index (κ1) is 22.8. The Bertz CT molecular complexity index is 2610. The third kappa shape index (κ3) is 3.03. The second kappa shape index (κ2) is 8.37. The molecule has 0 fully saturated rings. The zero-order valence-corrected chi connectivity index (χ0v) is 23.1. The van der Waals surface area contributed by atoms with Crippen LogP contribution in [0.15, 0.2) is 140 Å². The van der Waals surface area contributed by atoms with E-state index in [-0.39, 0.29) is 0 Å². The van der Waals surface area contributed by atoms with Gasteiger partial charge in [-0.1, -0.05) is 121 Å². The van der Waals surface area contributed by atoms with Crippen molar-refractivity contribution in [1.29, 1.82) is 0 Å². The van der Waals surface area contributed by atoms with Crippen LogP contribution in [-0.4, -0.2) is 14.5 Å². The average Bonchev–Trinajstić information content (AvgIpc) is 3.59. The maximum absolute atomic E-state index is 5.34. The molecule has 0 N–H and O–H groups in total. The largest absolute Gasteiger partial charge is 0.278 e. The Balaban J connectivity index is 1.43. The summed E-state index contributed by atoms with van der Waals surface area (Å²) in [5.41, 5.74) is 10.3. The highest BCUT2D eigenvalue weighted by atomic mass is 15.2. The monoisotopic (exact) mass is 545 g/mol. The molecule has 3 heteroatoms. The molecule has 0 saturated heterocycles. The summed E-state index contributed by atoms with van der Waals surface area (Å²) in [6.45, 7) is 0. The Morgan fingerprint density at radius 2 is 1.09 bits per heavy atom. The summed E-state index contributed by atoms with van der Waals surface area (Å²) < 4.78 is 2.29. The van der Waals surface area contributed by atoms with E-state index in [1.54, 1.807) is 0 Å². The highest BCUT2D eigenvalue weighted by Crippen LogP contribution is 2.51. The minimum atomic E-state index is 0.682. The highest BCUT2D eigenvalue weighted by molar-refractivity contribution is 6.33. The molecule has 1 aliphatic carbocycles. The number of fused-ring (bicyclic) bond motifs is 10. The maximum atomic E-state index is 5.34. The van der Waals surface area contributed by atoms with Gasteiger partial charge in [-0.2, -0.15) is 0 Å². The molecule has 198 valence electrons. The molecule has 0 unspecified atom stereocenters. The summed E-state index contributed by atoms with van der Waals surface area (Å²) in [4.78, 5) is 10.6. The lowest BCUT2D eigenvalue weighted by atomic mass is 9.96. The van der Waals surface area contributed by atoms with Crippen LogP contribution in [-0.2, 0) is 0 Å². The van der Waals surface area contributed by atoms with Gasteiger partial charge in [0.05, 0.1) is 22.2 Å². The highest BCUT2D eigenvalue weighted by Gasteiger charge is 2.26. The third-order valence-electron chi connectivity index (χ3n) is 9.13. The second-order valence-corrected chi connectivity index (χ2v) is 11.4. The Hall–Kier alpha value is -5.80. The number of aromatic nitrogens is 3. The molecule has 0 saturated carbocycles. The lowest BCUT2D eigenvalue weighted by Crippen LogP contribution is -2.03. The number of benzene rings is 7. The molecule has 0 bridgehead atoms. The number of hydrogen-bond acceptors (Lipinski definition) is 2. The van der Waals surface area contributed by atoms with Gasteiger partial charge in [-0.3, -0.25) is 4.57 Å². The van der Waals surface area contributed by atoms with E-state index < -0.39 is 0 Å². The van der Waals surface area contributed by atoms with Crippen molar-refractivity contribution in [1.82, 2.24) is 14.5 Å². The molecule has 3 nitrogen and oxygen atoms in total. The summed E-state index contributed by atoms with van der Waals surface area (Å²) >= 11 is 0. The molecule has 0 spiro atoms. The van der Waals surface area contributed by atoms with E-state index in [0.717, 1.165) is 33.2 Å². The van der Waals surface area contributed by atoms with Crippen LogP contribution in [0.4, 0.5) is 0 Å². The zero-order valence-electron chi connectivity index (χ0n) is 23.1. The van der Waals surface area contributed by atoms with Crippen LogP contribution in [0.3, 0.4) is 0 Å². The number of para-hydroxylation sites is 1. The van der Waals surface area contributed by atoms with Crippen LogP contribution in [0.2, 0.25) is 0 Å². The van der Waals surface area contributed by atoms with Crippen LogP contribution >= 0.6 is 0 Å². The van der Waals surface area contributed by atoms with Gasteiger partial charge >= 0.3 is 0 Å². The summed E-state index contributed by atoms with van der Waals surface area (Å²) in [5.74, 6) is 0.682. The van der Waals surface area contributed by atoms with Crippen molar-refractivity contribution in [3.05, 3.63) is 140 Å². The fourth-order valence-corrected chi connectivity index (χ4v) is 7.33. The molecular formula is C40H23N3. The van der Waals surface area contributed by atoms with E-state index in [2.05, 4.69) is 138 Å². The first-order valence-corrected chi connectivity index (χ1v) is 14.7. The van der Waals surface area contributed by atoms with Gasteiger partial charge in [0.1, 0.15) is 0 Å². The van der Waals surface area contributed by atoms with Crippen molar-refractivity contribution in [3.63, 3.8) is 0 Å². The average molecular weight is 546 g/mol. The molecule has 0 amide bonds. The quantitative estimate of drug-likeness (QED) is 0.216. The Morgan fingerprint density at radius 3 is 1.98 bits per heavy atom. The number of rotatable bonds is 2. The van der Waals surface area contributed by atoms with Gasteiger partial charge in [0.2, 0.25) is 5.95 Å². The molecule has 10 rings (SSSR count). The van der Waals surface area contributed by atoms with E-state index in [4.69, 9.17) is 9.97 Å². The smallest absolute Gasteiger partial charge is 0.235 e. The van der Waals surface area contributed by atoms with Gasteiger partial charge in [-0.25, -0.2) is 9.97 Å². The van der Waals surface area contributed by atoms with Gasteiger partial charge in [0.25, 0.3) is 0 Å². The molecule has 2 aromatic heterocycles. The van der Waals surface area contributed by atoms with Crippen LogP contribution in [0, 0.1) is 0 Å². The fourth-order valence-electron chi connectivity index (χ4n) is 7.33. The lowest BCUT2D eigenvalue weighted by molar-refractivity contribution is 1.01. The topological polar surface area (TPSA) is 30.7 Å². The molecule has 0 radical (unpaired) electrons. The van der Waals surface area contributed by atoms with Gasteiger partial charge in [0, 0.05) is 21.7 Å². The number of nitrogens with zero attached hydrogens (tertiary/aromatic N) is 3. The first-order valence-electron chi connectivity index (χ1n) is 14.7. The molecule has 1 aliphatic rings. The van der Waals surface area contributed by atoms with Crippen molar-refractivity contribution >= 4 is 54.3 Å². The van der Waals surface area contributed by atoms with Crippen LogP contribution < -0.4 is 0 Å². The SMILES string of the molecule is c1ccc(-c2nc(-n3c4ccc5ccccc5c4c4c5cccc6c5c(cc43)-c3ccccc3-6)nc3ccccc23)cc1. The van der Waals surface area contributed by atoms with E-state index >= 15 is 0 Å². The fraction of sp³-hybridized carbons (Fsp3) is 0. The van der Waals surface area contributed by atoms with Crippen molar-refractivity contribution in [3.8, 4) is 39.5 Å². The van der Waals surface area contributed by atoms with Crippen molar-refractivity contribution in [2.75, 3.05) is 0 Å². The van der Waals surface area contributed by atoms with E-state index in [0.29, 0.717) is 5.95 Å². The normalized spacial score (nSPS) is 12.2. The lowest BCUT2D eigenvalue weighted by Gasteiger charge is -2.12. The third-order valence-corrected chi connectivity index (χ3v) is 9.13. The first-order chi connectivity index (χ1) is 21.3. The van der Waals surface area contributed by atoms with Crippen LogP contribution in [0.1, 0.15) is 0 Å². The Morgan fingerprint density at radius 1 is 0.419 bits per heavy atom. The summed E-state index contributed by atoms with van der Waals surface area (Å²) in [7, 11) is 0. The molecule has 9 aromatic rings. The van der Waals surface area contributed by atoms with Gasteiger partial charge < -0.3 is 0 Å². The van der Waals surface area contributed by atoms with Crippen LogP contribution in [0.5, 0.6) is 0 Å². The molecule has 43 heavy (non-hydrogen) atoms. The van der Waals surface area contributed by atoms with Gasteiger partial charge in [0.15, 0.2) is 0 Å². The molecule has 2 heterocycles. The maximum Gasteiger partial charge on any atom is 0.235 e. The molecule has 0 aliphatic heterocycles. The van der Waals surface area contributed by atoms with Gasteiger partial charge in [-0.05, 0) is 62.0 Å². The molecule has 7 aromatic carbocycles. The summed E-state index contributed by atoms with van der Waals surface area (Å²) in [6.07, 6.45) is 0. The van der Waals surface area contributed by atoms with Crippen molar-refractivity contribution in [2.45, 2.75) is 0 Å². The standard InChI is InChI=1S/C40H23N3/c1-2-12-25(13-3-1)39-30-17-8-9-20-33(30)41-40(42-39)43-34-22-21-24-11-4-5-14-26(24)37(34)38-31-19-10-18-29-27-15-6-7-16-28(27)32(36(29)31)23-35(38)43/h1-23H. The van der Waals surface area contributed by atoms with Crippen molar-refractivity contribution < 1.29 is 0 Å². The van der Waals surface area contributed by atoms with E-state index in [9.17, 15) is 0 Å². The zero-order chi connectivity index (χ0) is 28.1. The minimum Gasteiger partial charge on any atom is -0.278 e. The molecule has 0 atom stereocenters. The number of hydrogen-bond donors (Lipinski definition) is 0. The Kier molecular flexibility index (Phi) is 4.45. The predicted octanol–water partition coefficient (Wildman–Crippen LogP) is 10.3. The minimum absolute atomic E-state index is 0.682.